The highest BCUT2D eigenvalue weighted by atomic mass is 35.5. The van der Waals surface area contributed by atoms with E-state index in [-0.39, 0.29) is 21.2 Å². The second-order valence-corrected chi connectivity index (χ2v) is 9.07. The van der Waals surface area contributed by atoms with E-state index in [1.54, 1.807) is 24.3 Å². The van der Waals surface area contributed by atoms with Gasteiger partial charge in [0.2, 0.25) is 0 Å². The molecule has 170 valence electrons. The molecular weight excluding hydrogens is 462 g/mol. The van der Waals surface area contributed by atoms with Gasteiger partial charge in [0.25, 0.3) is 21.8 Å². The fourth-order valence-electron chi connectivity index (χ4n) is 2.82. The number of carbonyl (C=O) groups excluding carboxylic acids is 2. The van der Waals surface area contributed by atoms with E-state index < -0.39 is 21.8 Å². The molecule has 0 atom stereocenters. The third kappa shape index (κ3) is 6.68. The van der Waals surface area contributed by atoms with Crippen LogP contribution in [0.3, 0.4) is 0 Å². The molecule has 0 spiro atoms. The van der Waals surface area contributed by atoms with Crippen LogP contribution in [0.1, 0.15) is 28.4 Å². The Hall–Kier alpha value is -3.62. The molecule has 0 saturated heterocycles. The van der Waals surface area contributed by atoms with E-state index in [1.165, 1.54) is 42.0 Å². The van der Waals surface area contributed by atoms with Crippen molar-refractivity contribution < 1.29 is 18.0 Å². The summed E-state index contributed by atoms with van der Waals surface area (Å²) in [5.74, 6) is -1.20. The second kappa shape index (κ2) is 10.8. The molecule has 0 saturated carbocycles. The summed E-state index contributed by atoms with van der Waals surface area (Å²) in [6, 6.07) is 19.5. The first-order chi connectivity index (χ1) is 15.8. The Kier molecular flexibility index (Phi) is 7.87. The summed E-state index contributed by atoms with van der Waals surface area (Å²) in [5.41, 5.74) is 6.84. The monoisotopic (exact) mass is 483 g/mol. The van der Waals surface area contributed by atoms with E-state index >= 15 is 0 Å². The van der Waals surface area contributed by atoms with Crippen LogP contribution in [0.15, 0.2) is 83.8 Å². The zero-order valence-electron chi connectivity index (χ0n) is 17.7. The minimum atomic E-state index is -3.98. The predicted molar refractivity (Wildman–Crippen MR) is 129 cm³/mol. The van der Waals surface area contributed by atoms with Crippen molar-refractivity contribution in [3.05, 3.63) is 101 Å². The van der Waals surface area contributed by atoms with Gasteiger partial charge >= 0.3 is 0 Å². The van der Waals surface area contributed by atoms with Crippen LogP contribution < -0.4 is 15.6 Å². The normalized spacial score (nSPS) is 11.2. The third-order valence-corrected chi connectivity index (χ3v) is 6.33. The predicted octanol–water partition coefficient (Wildman–Crippen LogP) is 4.18. The Morgan fingerprint density at radius 2 is 1.67 bits per heavy atom. The van der Waals surface area contributed by atoms with Crippen LogP contribution in [0.25, 0.3) is 6.08 Å². The fraction of sp³-hybridized carbons (Fsp3) is 0.0833. The number of sulfonamides is 1. The van der Waals surface area contributed by atoms with Crippen molar-refractivity contribution in [1.82, 2.24) is 10.9 Å². The number of hydrogen-bond acceptors (Lipinski definition) is 4. The van der Waals surface area contributed by atoms with Crippen molar-refractivity contribution in [3.8, 4) is 0 Å². The lowest BCUT2D eigenvalue weighted by Gasteiger charge is -2.11. The number of aryl methyl sites for hydroxylation is 1. The summed E-state index contributed by atoms with van der Waals surface area (Å²) < 4.78 is 27.7. The Morgan fingerprint density at radius 1 is 0.939 bits per heavy atom. The van der Waals surface area contributed by atoms with Gasteiger partial charge in [-0.25, -0.2) is 8.42 Å². The Labute approximate surface area is 197 Å². The Bertz CT molecular complexity index is 1290. The van der Waals surface area contributed by atoms with Gasteiger partial charge in [-0.1, -0.05) is 61.0 Å². The van der Waals surface area contributed by atoms with E-state index in [2.05, 4.69) is 22.5 Å². The summed E-state index contributed by atoms with van der Waals surface area (Å²) in [6.45, 7) is 2.06. The van der Waals surface area contributed by atoms with Crippen LogP contribution in [0.2, 0.25) is 5.02 Å². The molecule has 2 amide bonds. The zero-order chi connectivity index (χ0) is 23.8. The van der Waals surface area contributed by atoms with Gasteiger partial charge in [0.1, 0.15) is 0 Å². The van der Waals surface area contributed by atoms with E-state index in [1.807, 2.05) is 24.3 Å². The number of nitrogens with one attached hydrogen (secondary N) is 3. The molecular formula is C24H22ClN3O4S. The molecule has 9 heteroatoms. The molecule has 7 nitrogen and oxygen atoms in total. The van der Waals surface area contributed by atoms with E-state index in [4.69, 9.17) is 11.6 Å². The lowest BCUT2D eigenvalue weighted by atomic mass is 10.1. The smallest absolute Gasteiger partial charge is 0.269 e. The van der Waals surface area contributed by atoms with Gasteiger partial charge in [0.05, 0.1) is 15.6 Å². The van der Waals surface area contributed by atoms with Crippen molar-refractivity contribution in [2.75, 3.05) is 4.72 Å². The molecule has 0 aromatic heterocycles. The molecule has 0 unspecified atom stereocenters. The number of amides is 2. The molecule has 0 heterocycles. The van der Waals surface area contributed by atoms with E-state index in [0.717, 1.165) is 12.0 Å². The van der Waals surface area contributed by atoms with Crippen molar-refractivity contribution in [2.45, 2.75) is 18.2 Å². The van der Waals surface area contributed by atoms with Gasteiger partial charge in [-0.15, -0.1) is 0 Å². The minimum absolute atomic E-state index is 0.0523. The second-order valence-electron chi connectivity index (χ2n) is 6.99. The van der Waals surface area contributed by atoms with Crippen LogP contribution in [0.4, 0.5) is 5.69 Å². The first kappa shape index (κ1) is 24.0. The van der Waals surface area contributed by atoms with Crippen LogP contribution in [-0.2, 0) is 21.2 Å². The van der Waals surface area contributed by atoms with Crippen LogP contribution in [0.5, 0.6) is 0 Å². The number of hydrogen-bond donors (Lipinski definition) is 3. The molecule has 3 rings (SSSR count). The zero-order valence-corrected chi connectivity index (χ0v) is 19.3. The fourth-order valence-corrected chi connectivity index (χ4v) is 4.18. The highest BCUT2D eigenvalue weighted by Gasteiger charge is 2.17. The Balaban J connectivity index is 1.62. The summed E-state index contributed by atoms with van der Waals surface area (Å²) >= 11 is 6.01. The van der Waals surface area contributed by atoms with Gasteiger partial charge in [0.15, 0.2) is 0 Å². The average molecular weight is 484 g/mol. The lowest BCUT2D eigenvalue weighted by molar-refractivity contribution is -0.117. The van der Waals surface area contributed by atoms with Gasteiger partial charge in [-0.05, 0) is 54.0 Å². The molecule has 0 bridgehead atoms. The van der Waals surface area contributed by atoms with Gasteiger partial charge in [0, 0.05) is 11.6 Å². The number of hydrazine groups is 1. The number of anilines is 1. The molecule has 0 fully saturated rings. The highest BCUT2D eigenvalue weighted by Crippen LogP contribution is 2.24. The highest BCUT2D eigenvalue weighted by molar-refractivity contribution is 7.92. The van der Waals surface area contributed by atoms with Crippen LogP contribution in [-0.4, -0.2) is 20.2 Å². The molecule has 3 N–H and O–H groups in total. The summed E-state index contributed by atoms with van der Waals surface area (Å²) in [6.07, 6.45) is 3.83. The van der Waals surface area contributed by atoms with Crippen molar-refractivity contribution in [3.63, 3.8) is 0 Å². The molecule has 0 aliphatic rings. The van der Waals surface area contributed by atoms with E-state index in [0.29, 0.717) is 0 Å². The average Bonchev–Trinajstić information content (AvgIpc) is 2.83. The van der Waals surface area contributed by atoms with E-state index in [9.17, 15) is 18.0 Å². The van der Waals surface area contributed by atoms with Crippen molar-refractivity contribution >= 4 is 45.2 Å². The van der Waals surface area contributed by atoms with Crippen LogP contribution >= 0.6 is 11.6 Å². The molecule has 0 aliphatic heterocycles. The standard InChI is InChI=1S/C24H22ClN3O4S/c1-2-17-10-12-18(13-11-17)14-15-23(29)26-27-24(30)19-6-5-7-20(16-19)33(31,32)28-22-9-4-3-8-21(22)25/h3-16,28H,2H2,1H3,(H,26,29)(H,27,30)/b15-14+. The lowest BCUT2D eigenvalue weighted by Crippen LogP contribution is -2.40. The molecule has 0 aliphatic carbocycles. The number of benzene rings is 3. The number of rotatable bonds is 7. The summed E-state index contributed by atoms with van der Waals surface area (Å²) in [4.78, 5) is 24.3. The largest absolute Gasteiger partial charge is 0.278 e. The maximum Gasteiger partial charge on any atom is 0.269 e. The van der Waals surface area contributed by atoms with Crippen LogP contribution in [0, 0.1) is 0 Å². The molecule has 3 aromatic rings. The Morgan fingerprint density at radius 3 is 2.36 bits per heavy atom. The van der Waals surface area contributed by atoms with Crippen molar-refractivity contribution in [1.29, 1.82) is 0 Å². The maximum absolute atomic E-state index is 12.7. The minimum Gasteiger partial charge on any atom is -0.278 e. The quantitative estimate of drug-likeness (QED) is 0.346. The SMILES string of the molecule is CCc1ccc(/C=C/C(=O)NNC(=O)c2cccc(S(=O)(=O)Nc3ccccc3Cl)c2)cc1. The molecule has 0 radical (unpaired) electrons. The molecule has 3 aromatic carbocycles. The first-order valence-electron chi connectivity index (χ1n) is 10.0. The number of halogens is 1. The number of para-hydroxylation sites is 1. The molecule has 33 heavy (non-hydrogen) atoms. The number of carbonyl (C=O) groups is 2. The maximum atomic E-state index is 12.7. The van der Waals surface area contributed by atoms with Gasteiger partial charge < -0.3 is 0 Å². The van der Waals surface area contributed by atoms with Crippen molar-refractivity contribution in [2.24, 2.45) is 0 Å². The van der Waals surface area contributed by atoms with Gasteiger partial charge in [-0.3, -0.25) is 25.2 Å². The summed E-state index contributed by atoms with van der Waals surface area (Å²) in [5, 5.41) is 0.243. The first-order valence-corrected chi connectivity index (χ1v) is 11.9. The summed E-state index contributed by atoms with van der Waals surface area (Å²) in [7, 11) is -3.98. The topological polar surface area (TPSA) is 104 Å². The third-order valence-electron chi connectivity index (χ3n) is 4.64. The van der Waals surface area contributed by atoms with Gasteiger partial charge in [-0.2, -0.15) is 0 Å².